The molecule has 6 rings (SSSR count). The maximum absolute atomic E-state index is 7.10. The van der Waals surface area contributed by atoms with Crippen molar-refractivity contribution in [3.05, 3.63) is 82.4 Å². The molecule has 2 aliphatic heterocycles. The van der Waals surface area contributed by atoms with Gasteiger partial charge in [-0.25, -0.2) is 0 Å². The van der Waals surface area contributed by atoms with Gasteiger partial charge in [-0.15, -0.1) is 0 Å². The monoisotopic (exact) mass is 790 g/mol. The second-order valence-corrected chi connectivity index (χ2v) is 12.8. The molecule has 0 radical (unpaired) electrons. The zero-order valence-electron chi connectivity index (χ0n) is 29.5. The zero-order valence-corrected chi connectivity index (χ0v) is 34.1. The van der Waals surface area contributed by atoms with E-state index in [1.165, 1.54) is 0 Å². The first-order chi connectivity index (χ1) is 25.3. The highest BCUT2D eigenvalue weighted by atomic mass is 31.0. The fourth-order valence-electron chi connectivity index (χ4n) is 7.08. The van der Waals surface area contributed by atoms with Crippen molar-refractivity contribution in [2.24, 2.45) is 0 Å². The van der Waals surface area contributed by atoms with Gasteiger partial charge in [0.25, 0.3) is 0 Å². The van der Waals surface area contributed by atoms with Crippen LogP contribution in [0.2, 0.25) is 0 Å². The maximum Gasteiger partial charge on any atom is 0.165 e. The highest BCUT2D eigenvalue weighted by molar-refractivity contribution is 7.11. The lowest BCUT2D eigenvalue weighted by molar-refractivity contribution is -0.0282. The molecule has 0 spiro atoms. The third-order valence-corrected chi connectivity index (χ3v) is 10.5. The van der Waals surface area contributed by atoms with Gasteiger partial charge in [-0.3, -0.25) is 0 Å². The van der Waals surface area contributed by atoms with Crippen LogP contribution in [0.15, 0.2) is 54.6 Å². The Morgan fingerprint density at radius 1 is 0.538 bits per heavy atom. The molecule has 0 saturated carbocycles. The Kier molecular flexibility index (Phi) is 12.3. The van der Waals surface area contributed by atoms with Crippen LogP contribution < -0.4 is 46.5 Å². The minimum atomic E-state index is -0.670. The van der Waals surface area contributed by atoms with Gasteiger partial charge in [0.1, 0.15) is 46.7 Å². The average Bonchev–Trinajstić information content (AvgIpc) is 3.20. The first-order valence-corrected chi connectivity index (χ1v) is 17.9. The van der Waals surface area contributed by atoms with E-state index in [-0.39, 0.29) is 6.10 Å². The second kappa shape index (κ2) is 16.7. The SMILES string of the molecule is COc1ccc(C2Oc3c(c(OC)cc(OC)c3C3c4c(OP)cc(OP)cc4OC(c4ccc(OP)c(OP)c4)C3OC)CC2OC)cc1OC. The van der Waals surface area contributed by atoms with E-state index in [4.69, 9.17) is 56.0 Å². The minimum absolute atomic E-state index is 0.385. The van der Waals surface area contributed by atoms with Gasteiger partial charge in [0.2, 0.25) is 0 Å². The van der Waals surface area contributed by atoms with E-state index in [2.05, 4.69) is 37.9 Å². The smallest absolute Gasteiger partial charge is 0.165 e. The first-order valence-electron chi connectivity index (χ1n) is 16.0. The van der Waals surface area contributed by atoms with Gasteiger partial charge in [-0.1, -0.05) is 12.1 Å². The van der Waals surface area contributed by atoms with Crippen LogP contribution in [-0.4, -0.2) is 54.9 Å². The molecule has 9 unspecified atom stereocenters. The predicted molar refractivity (Wildman–Crippen MR) is 207 cm³/mol. The predicted octanol–water partition coefficient (Wildman–Crippen LogP) is 7.37. The normalized spacial score (nSPS) is 20.3. The highest BCUT2D eigenvalue weighted by Crippen LogP contribution is 2.59. The molecule has 0 N–H and O–H groups in total. The number of methoxy groups -OCH3 is 6. The average molecular weight is 791 g/mol. The van der Waals surface area contributed by atoms with E-state index in [9.17, 15) is 0 Å². The summed E-state index contributed by atoms with van der Waals surface area (Å²) in [7, 11) is 18.8. The van der Waals surface area contributed by atoms with Crippen LogP contribution in [0.25, 0.3) is 0 Å². The number of hydrogen-bond donors (Lipinski definition) is 0. The molecule has 2 heterocycles. The summed E-state index contributed by atoms with van der Waals surface area (Å²) in [5.41, 5.74) is 3.80. The Bertz CT molecular complexity index is 1910. The summed E-state index contributed by atoms with van der Waals surface area (Å²) in [6.45, 7) is 0. The number of rotatable bonds is 13. The summed E-state index contributed by atoms with van der Waals surface area (Å²) in [6.07, 6.45) is -1.82. The lowest BCUT2D eigenvalue weighted by atomic mass is 9.77. The molecule has 2 aliphatic rings. The van der Waals surface area contributed by atoms with Gasteiger partial charge < -0.3 is 56.0 Å². The van der Waals surface area contributed by atoms with Crippen LogP contribution in [0.1, 0.15) is 45.9 Å². The Hall–Kier alpha value is -3.48. The zero-order chi connectivity index (χ0) is 37.1. The van der Waals surface area contributed by atoms with Crippen molar-refractivity contribution >= 4 is 37.9 Å². The van der Waals surface area contributed by atoms with Crippen molar-refractivity contribution in [3.8, 4) is 57.5 Å². The molecule has 278 valence electrons. The van der Waals surface area contributed by atoms with Crippen molar-refractivity contribution in [1.82, 2.24) is 0 Å². The number of benzene rings is 4. The third kappa shape index (κ3) is 6.86. The molecule has 0 fully saturated rings. The molecule has 0 aliphatic carbocycles. The summed E-state index contributed by atoms with van der Waals surface area (Å²) >= 11 is 0. The summed E-state index contributed by atoms with van der Waals surface area (Å²) in [5.74, 6) is 4.74. The van der Waals surface area contributed by atoms with Crippen molar-refractivity contribution in [3.63, 3.8) is 0 Å². The molecule has 9 atom stereocenters. The fraction of sp³-hybridized carbons (Fsp3) is 0.333. The van der Waals surface area contributed by atoms with E-state index < -0.39 is 24.2 Å². The number of ether oxygens (including phenoxy) is 8. The first kappa shape index (κ1) is 38.3. The van der Waals surface area contributed by atoms with Gasteiger partial charge in [-0.05, 0) is 35.4 Å². The molecule has 0 saturated heterocycles. The number of hydrogen-bond acceptors (Lipinski definition) is 12. The van der Waals surface area contributed by atoms with Gasteiger partial charge in [0.15, 0.2) is 35.2 Å². The third-order valence-electron chi connectivity index (χ3n) is 9.48. The molecular formula is C36H42O12P4. The fourth-order valence-corrected chi connectivity index (χ4v) is 7.79. The Morgan fingerprint density at radius 3 is 1.77 bits per heavy atom. The van der Waals surface area contributed by atoms with Crippen LogP contribution in [0, 0.1) is 0 Å². The van der Waals surface area contributed by atoms with Gasteiger partial charge in [-0.2, -0.15) is 0 Å². The van der Waals surface area contributed by atoms with Crippen LogP contribution in [0.3, 0.4) is 0 Å². The van der Waals surface area contributed by atoms with Crippen molar-refractivity contribution in [2.75, 3.05) is 42.7 Å². The highest BCUT2D eigenvalue weighted by Gasteiger charge is 2.48. The van der Waals surface area contributed by atoms with Crippen LogP contribution in [0.4, 0.5) is 0 Å². The van der Waals surface area contributed by atoms with E-state index >= 15 is 0 Å². The summed E-state index contributed by atoms with van der Waals surface area (Å²) in [6, 6.07) is 16.7. The number of fused-ring (bicyclic) bond motifs is 2. The van der Waals surface area contributed by atoms with Gasteiger partial charge in [0, 0.05) is 55.5 Å². The second-order valence-electron chi connectivity index (χ2n) is 11.9. The minimum Gasteiger partial charge on any atom is -0.496 e. The van der Waals surface area contributed by atoms with E-state index in [0.717, 1.165) is 16.7 Å². The molecule has 12 nitrogen and oxygen atoms in total. The topological polar surface area (TPSA) is 111 Å². The van der Waals surface area contributed by atoms with Crippen molar-refractivity contribution in [1.29, 1.82) is 0 Å². The maximum atomic E-state index is 7.10. The molecular weight excluding hydrogens is 748 g/mol. The lowest BCUT2D eigenvalue weighted by Crippen LogP contribution is -2.38. The Morgan fingerprint density at radius 2 is 1.17 bits per heavy atom. The molecule has 16 heteroatoms. The Balaban J connectivity index is 1.63. The molecule has 52 heavy (non-hydrogen) atoms. The van der Waals surface area contributed by atoms with Gasteiger partial charge >= 0.3 is 0 Å². The van der Waals surface area contributed by atoms with E-state index in [0.29, 0.717) is 75.0 Å². The van der Waals surface area contributed by atoms with Crippen molar-refractivity contribution in [2.45, 2.75) is 36.8 Å². The standard InChI is InChI=1S/C36H42O12P4/c1-37-21-9-7-17(11-24(21)39-3)33-29(41-5)15-20-23(38-2)16-26(40-4)31(35(20)44-33)32-30-27(13-19(45-49)14-28(30)48-52)43-34(36(32)42-6)18-8-10-22(46-50)25(12-18)47-51/h7-14,16,29,32-34,36H,15,49-52H2,1-6H3. The van der Waals surface area contributed by atoms with Crippen molar-refractivity contribution < 1.29 is 56.0 Å². The Labute approximate surface area is 312 Å². The van der Waals surface area contributed by atoms with Gasteiger partial charge in [0.05, 0.1) is 72.2 Å². The van der Waals surface area contributed by atoms with Crippen LogP contribution >= 0.6 is 37.9 Å². The van der Waals surface area contributed by atoms with E-state index in [1.807, 2.05) is 42.5 Å². The molecule has 0 aromatic heterocycles. The molecule has 0 bridgehead atoms. The lowest BCUT2D eigenvalue weighted by Gasteiger charge is -2.42. The van der Waals surface area contributed by atoms with Crippen LogP contribution in [0.5, 0.6) is 57.5 Å². The van der Waals surface area contributed by atoms with E-state index in [1.54, 1.807) is 54.8 Å². The molecule has 4 aromatic rings. The molecule has 4 aromatic carbocycles. The quantitative estimate of drug-likeness (QED) is 0.126. The molecule has 0 amide bonds. The summed E-state index contributed by atoms with van der Waals surface area (Å²) in [4.78, 5) is 0. The van der Waals surface area contributed by atoms with Crippen LogP contribution in [-0.2, 0) is 15.9 Å². The largest absolute Gasteiger partial charge is 0.496 e. The summed E-state index contributed by atoms with van der Waals surface area (Å²) in [5, 5.41) is 0. The summed E-state index contributed by atoms with van der Waals surface area (Å²) < 4.78 is 72.2.